The van der Waals surface area contributed by atoms with Crippen molar-refractivity contribution in [2.24, 2.45) is 0 Å². The number of nitrogens with one attached hydrogen (secondary N) is 1. The molecule has 0 aliphatic rings. The first-order valence-corrected chi connectivity index (χ1v) is 4.82. The van der Waals surface area contributed by atoms with Gasteiger partial charge in [-0.25, -0.2) is 9.18 Å². The number of aromatic amines is 1. The number of H-pyrrole nitrogens is 1. The van der Waals surface area contributed by atoms with E-state index in [1.54, 1.807) is 0 Å². The van der Waals surface area contributed by atoms with Gasteiger partial charge in [0.25, 0.3) is 0 Å². The molecule has 0 fully saturated rings. The zero-order chi connectivity index (χ0) is 13.5. The van der Waals surface area contributed by atoms with Gasteiger partial charge in [0.05, 0.1) is 18.2 Å². The van der Waals surface area contributed by atoms with Gasteiger partial charge in [-0.05, 0) is 6.07 Å². The van der Waals surface area contributed by atoms with Crippen LogP contribution in [0.5, 0.6) is 0 Å². The summed E-state index contributed by atoms with van der Waals surface area (Å²) < 4.78 is 55.9. The Hall–Kier alpha value is -2.05. The number of hydrogen-bond donors (Lipinski definition) is 1. The van der Waals surface area contributed by atoms with Crippen LogP contribution in [0.15, 0.2) is 18.2 Å². The molecule has 0 unspecified atom stereocenters. The van der Waals surface area contributed by atoms with Crippen molar-refractivity contribution in [1.29, 1.82) is 0 Å². The second kappa shape index (κ2) is 4.01. The lowest BCUT2D eigenvalue weighted by Gasteiger charge is -2.06. The summed E-state index contributed by atoms with van der Waals surface area (Å²) in [6.07, 6.45) is -4.80. The molecule has 18 heavy (non-hydrogen) atoms. The van der Waals surface area contributed by atoms with E-state index in [9.17, 15) is 22.4 Å². The van der Waals surface area contributed by atoms with Crippen LogP contribution in [-0.2, 0) is 10.9 Å². The molecule has 0 saturated carbocycles. The summed E-state index contributed by atoms with van der Waals surface area (Å²) >= 11 is 0. The van der Waals surface area contributed by atoms with Crippen LogP contribution in [-0.4, -0.2) is 18.1 Å². The monoisotopic (exact) mass is 261 g/mol. The molecule has 0 saturated heterocycles. The summed E-state index contributed by atoms with van der Waals surface area (Å²) in [7, 11) is 0.959. The van der Waals surface area contributed by atoms with Crippen molar-refractivity contribution in [2.75, 3.05) is 7.11 Å². The number of fused-ring (bicyclic) bond motifs is 1. The van der Waals surface area contributed by atoms with Gasteiger partial charge in [-0.3, -0.25) is 0 Å². The maximum absolute atomic E-state index is 13.4. The van der Waals surface area contributed by atoms with E-state index in [1.165, 1.54) is 12.1 Å². The van der Waals surface area contributed by atoms with E-state index >= 15 is 0 Å². The van der Waals surface area contributed by atoms with Gasteiger partial charge in [-0.2, -0.15) is 13.2 Å². The van der Waals surface area contributed by atoms with E-state index in [-0.39, 0.29) is 10.9 Å². The quantitative estimate of drug-likeness (QED) is 0.633. The fourth-order valence-electron chi connectivity index (χ4n) is 1.71. The van der Waals surface area contributed by atoms with Gasteiger partial charge in [0, 0.05) is 5.39 Å². The summed E-state index contributed by atoms with van der Waals surface area (Å²) in [5.74, 6) is -2.03. The number of ether oxygens (including phenoxy) is 1. The highest BCUT2D eigenvalue weighted by Gasteiger charge is 2.39. The van der Waals surface area contributed by atoms with Gasteiger partial charge in [0.1, 0.15) is 11.5 Å². The Labute approximate surface area is 98.4 Å². The Kier molecular flexibility index (Phi) is 2.76. The molecular weight excluding hydrogens is 254 g/mol. The molecule has 0 atom stereocenters. The van der Waals surface area contributed by atoms with Crippen molar-refractivity contribution < 1.29 is 27.1 Å². The van der Waals surface area contributed by atoms with Gasteiger partial charge in [-0.15, -0.1) is 0 Å². The Morgan fingerprint density at radius 2 is 2.00 bits per heavy atom. The lowest BCUT2D eigenvalue weighted by Crippen LogP contribution is -2.13. The second-order valence-corrected chi connectivity index (χ2v) is 3.53. The van der Waals surface area contributed by atoms with Gasteiger partial charge in [0.15, 0.2) is 0 Å². The molecule has 0 bridgehead atoms. The number of methoxy groups -OCH3 is 1. The average Bonchev–Trinajstić information content (AvgIpc) is 2.68. The largest absolute Gasteiger partial charge is 0.465 e. The van der Waals surface area contributed by atoms with Crippen LogP contribution in [0.1, 0.15) is 16.1 Å². The molecule has 3 nitrogen and oxygen atoms in total. The fourth-order valence-corrected chi connectivity index (χ4v) is 1.71. The van der Waals surface area contributed by atoms with Gasteiger partial charge >= 0.3 is 12.1 Å². The second-order valence-electron chi connectivity index (χ2n) is 3.53. The Bertz CT molecular complexity index is 615. The highest BCUT2D eigenvalue weighted by Crippen LogP contribution is 2.36. The molecule has 1 N–H and O–H groups in total. The molecule has 7 heteroatoms. The first-order chi connectivity index (χ1) is 8.36. The average molecular weight is 261 g/mol. The van der Waals surface area contributed by atoms with Crippen molar-refractivity contribution in [2.45, 2.75) is 6.18 Å². The number of benzene rings is 1. The van der Waals surface area contributed by atoms with Crippen LogP contribution in [0.25, 0.3) is 10.9 Å². The first-order valence-electron chi connectivity index (χ1n) is 4.82. The number of esters is 1. The van der Waals surface area contributed by atoms with E-state index in [1.807, 2.05) is 4.98 Å². The first kappa shape index (κ1) is 12.4. The number of carbonyl (C=O) groups excluding carboxylic acids is 1. The molecule has 0 aliphatic carbocycles. The van der Waals surface area contributed by atoms with Crippen molar-refractivity contribution in [1.82, 2.24) is 4.98 Å². The molecule has 2 aromatic rings. The standard InChI is InChI=1S/C11H7F4NO2/c1-18-10(17)7-5-3-2-4-6(12)8(5)16-9(7)11(13,14)15/h2-4,16H,1H3. The topological polar surface area (TPSA) is 42.1 Å². The van der Waals surface area contributed by atoms with Gasteiger partial charge in [0.2, 0.25) is 0 Å². The van der Waals surface area contributed by atoms with E-state index in [4.69, 9.17) is 0 Å². The van der Waals surface area contributed by atoms with Crippen molar-refractivity contribution in [3.05, 3.63) is 35.3 Å². The predicted molar refractivity (Wildman–Crippen MR) is 54.6 cm³/mol. The van der Waals surface area contributed by atoms with Crippen LogP contribution in [0.4, 0.5) is 17.6 Å². The molecule has 0 radical (unpaired) electrons. The summed E-state index contributed by atoms with van der Waals surface area (Å²) in [6, 6.07) is 3.44. The Balaban J connectivity index is 2.85. The zero-order valence-electron chi connectivity index (χ0n) is 9.06. The number of hydrogen-bond acceptors (Lipinski definition) is 2. The molecule has 1 heterocycles. The summed E-state index contributed by atoms with van der Waals surface area (Å²) in [6.45, 7) is 0. The number of alkyl halides is 3. The van der Waals surface area contributed by atoms with E-state index in [0.717, 1.165) is 13.2 Å². The van der Waals surface area contributed by atoms with Gasteiger partial charge < -0.3 is 9.72 Å². The van der Waals surface area contributed by atoms with Crippen LogP contribution in [0.2, 0.25) is 0 Å². The van der Waals surface area contributed by atoms with Crippen LogP contribution in [0.3, 0.4) is 0 Å². The number of para-hydroxylation sites is 1. The lowest BCUT2D eigenvalue weighted by atomic mass is 10.1. The number of carbonyl (C=O) groups is 1. The third kappa shape index (κ3) is 1.81. The number of aromatic nitrogens is 1. The predicted octanol–water partition coefficient (Wildman–Crippen LogP) is 3.11. The highest BCUT2D eigenvalue weighted by atomic mass is 19.4. The number of halogens is 4. The maximum Gasteiger partial charge on any atom is 0.432 e. The molecule has 2 rings (SSSR count). The van der Waals surface area contributed by atoms with Gasteiger partial charge in [-0.1, -0.05) is 12.1 Å². The molecule has 0 amide bonds. The molecule has 1 aromatic heterocycles. The molecule has 96 valence electrons. The third-order valence-electron chi connectivity index (χ3n) is 2.46. The SMILES string of the molecule is COC(=O)c1c(C(F)(F)F)[nH]c2c(F)cccc12. The Morgan fingerprint density at radius 1 is 1.33 bits per heavy atom. The third-order valence-corrected chi connectivity index (χ3v) is 2.46. The minimum Gasteiger partial charge on any atom is -0.465 e. The van der Waals surface area contributed by atoms with Crippen molar-refractivity contribution in [3.63, 3.8) is 0 Å². The van der Waals surface area contributed by atoms with E-state index < -0.39 is 29.2 Å². The lowest BCUT2D eigenvalue weighted by molar-refractivity contribution is -0.141. The Morgan fingerprint density at radius 3 is 2.56 bits per heavy atom. The minimum atomic E-state index is -4.80. The van der Waals surface area contributed by atoms with E-state index in [2.05, 4.69) is 4.74 Å². The van der Waals surface area contributed by atoms with Crippen molar-refractivity contribution in [3.8, 4) is 0 Å². The number of rotatable bonds is 1. The van der Waals surface area contributed by atoms with Crippen LogP contribution in [0, 0.1) is 5.82 Å². The zero-order valence-corrected chi connectivity index (χ0v) is 9.06. The smallest absolute Gasteiger partial charge is 0.432 e. The summed E-state index contributed by atoms with van der Waals surface area (Å²) in [5.41, 5.74) is -2.39. The fraction of sp³-hybridized carbons (Fsp3) is 0.182. The van der Waals surface area contributed by atoms with Crippen LogP contribution < -0.4 is 0 Å². The molecule has 0 aliphatic heterocycles. The summed E-state index contributed by atoms with van der Waals surface area (Å²) in [5, 5.41) is -0.158. The van der Waals surface area contributed by atoms with Crippen LogP contribution >= 0.6 is 0 Å². The molecular formula is C11H7F4NO2. The highest BCUT2D eigenvalue weighted by molar-refractivity contribution is 6.05. The normalized spacial score (nSPS) is 11.8. The summed E-state index contributed by atoms with van der Waals surface area (Å²) in [4.78, 5) is 13.3. The minimum absolute atomic E-state index is 0.158. The molecule has 0 spiro atoms. The maximum atomic E-state index is 13.4. The van der Waals surface area contributed by atoms with Crippen molar-refractivity contribution >= 4 is 16.9 Å². The van der Waals surface area contributed by atoms with E-state index in [0.29, 0.717) is 0 Å². The molecule has 1 aromatic carbocycles.